The van der Waals surface area contributed by atoms with Gasteiger partial charge >= 0.3 is 6.09 Å². The summed E-state index contributed by atoms with van der Waals surface area (Å²) in [4.78, 5) is 41.8. The molecule has 2 atom stereocenters. The van der Waals surface area contributed by atoms with E-state index in [4.69, 9.17) is 4.74 Å². The van der Waals surface area contributed by atoms with Gasteiger partial charge in [-0.15, -0.1) is 0 Å². The zero-order valence-electron chi connectivity index (χ0n) is 22.4. The summed E-state index contributed by atoms with van der Waals surface area (Å²) in [7, 11) is 0. The Balaban J connectivity index is 3.60. The molecular formula is C26H43N3O4S. The maximum absolute atomic E-state index is 14.0. The third-order valence-corrected chi connectivity index (χ3v) is 5.78. The Morgan fingerprint density at radius 2 is 1.59 bits per heavy atom. The highest BCUT2D eigenvalue weighted by Gasteiger charge is 2.43. The van der Waals surface area contributed by atoms with Crippen molar-refractivity contribution in [2.24, 2.45) is 0 Å². The lowest BCUT2D eigenvalue weighted by atomic mass is 9.90. The maximum atomic E-state index is 14.0. The molecule has 0 heterocycles. The van der Waals surface area contributed by atoms with Crippen LogP contribution < -0.4 is 10.6 Å². The highest BCUT2D eigenvalue weighted by Crippen LogP contribution is 2.34. The van der Waals surface area contributed by atoms with Gasteiger partial charge in [0.2, 0.25) is 11.8 Å². The van der Waals surface area contributed by atoms with Crippen LogP contribution in [-0.4, -0.2) is 51.3 Å². The summed E-state index contributed by atoms with van der Waals surface area (Å²) in [5.74, 6) is -0.632. The number of hydrogen-bond donors (Lipinski definition) is 3. The van der Waals surface area contributed by atoms with Crippen LogP contribution in [0.4, 0.5) is 4.79 Å². The number of nitrogens with zero attached hydrogens (tertiary/aromatic N) is 1. The van der Waals surface area contributed by atoms with Gasteiger partial charge in [-0.25, -0.2) is 4.79 Å². The van der Waals surface area contributed by atoms with Crippen molar-refractivity contribution in [3.05, 3.63) is 35.4 Å². The van der Waals surface area contributed by atoms with Gasteiger partial charge < -0.3 is 20.3 Å². The van der Waals surface area contributed by atoms with Crippen LogP contribution in [0.2, 0.25) is 0 Å². The molecule has 2 N–H and O–H groups in total. The first-order chi connectivity index (χ1) is 15.4. The Labute approximate surface area is 210 Å². The van der Waals surface area contributed by atoms with Crippen molar-refractivity contribution in [3.63, 3.8) is 0 Å². The van der Waals surface area contributed by atoms with Crippen LogP contribution in [0.15, 0.2) is 24.3 Å². The van der Waals surface area contributed by atoms with Crippen molar-refractivity contribution < 1.29 is 19.1 Å². The van der Waals surface area contributed by atoms with Crippen molar-refractivity contribution in [3.8, 4) is 0 Å². The maximum Gasteiger partial charge on any atom is 0.408 e. The standard InChI is InChI=1S/C26H43N3O4S/c1-11-26(9,10)29(22(31)19(16-34)27-23(32)33-25(6,7)8)20(21(30)28-24(3,4)5)18-15-13-12-14-17(18)2/h12-15,19-20,34H,11,16H2,1-10H3,(H,27,32)(H,28,30). The van der Waals surface area contributed by atoms with Crippen molar-refractivity contribution in [2.75, 3.05) is 5.75 Å². The average molecular weight is 494 g/mol. The van der Waals surface area contributed by atoms with E-state index in [9.17, 15) is 14.4 Å². The second kappa shape index (κ2) is 11.5. The minimum absolute atomic E-state index is 0.0513. The van der Waals surface area contributed by atoms with E-state index in [0.29, 0.717) is 6.42 Å². The molecule has 2 unspecified atom stereocenters. The SMILES string of the molecule is CCC(C)(C)N(C(=O)C(CS)NC(=O)OC(C)(C)C)C(C(=O)NC(C)(C)C)c1ccccc1C. The number of thiol groups is 1. The summed E-state index contributed by atoms with van der Waals surface area (Å²) < 4.78 is 5.36. The number of carbonyl (C=O) groups is 3. The first-order valence-electron chi connectivity index (χ1n) is 11.7. The number of aryl methyl sites for hydroxylation is 1. The molecule has 0 aromatic heterocycles. The van der Waals surface area contributed by atoms with Crippen molar-refractivity contribution in [1.82, 2.24) is 15.5 Å². The van der Waals surface area contributed by atoms with E-state index >= 15 is 0 Å². The van der Waals surface area contributed by atoms with E-state index in [0.717, 1.165) is 11.1 Å². The number of nitrogens with one attached hydrogen (secondary N) is 2. The monoisotopic (exact) mass is 493 g/mol. The molecule has 1 aromatic rings. The molecule has 8 heteroatoms. The molecule has 0 saturated carbocycles. The molecule has 192 valence electrons. The predicted molar refractivity (Wildman–Crippen MR) is 140 cm³/mol. The number of alkyl carbamates (subject to hydrolysis) is 1. The Bertz CT molecular complexity index is 872. The van der Waals surface area contributed by atoms with E-state index in [2.05, 4.69) is 23.3 Å². The van der Waals surface area contributed by atoms with Crippen LogP contribution >= 0.6 is 12.6 Å². The number of amides is 3. The molecule has 0 fully saturated rings. The van der Waals surface area contributed by atoms with Gasteiger partial charge in [-0.2, -0.15) is 12.6 Å². The number of hydrogen-bond acceptors (Lipinski definition) is 5. The third kappa shape index (κ3) is 8.53. The Hall–Kier alpha value is -2.22. The van der Waals surface area contributed by atoms with Crippen molar-refractivity contribution >= 4 is 30.5 Å². The minimum atomic E-state index is -0.974. The quantitative estimate of drug-likeness (QED) is 0.454. The largest absolute Gasteiger partial charge is 0.444 e. The van der Waals surface area contributed by atoms with Crippen LogP contribution in [0.25, 0.3) is 0 Å². The van der Waals surface area contributed by atoms with E-state index in [1.165, 1.54) is 0 Å². The van der Waals surface area contributed by atoms with Crippen LogP contribution in [0, 0.1) is 6.92 Å². The second-order valence-corrected chi connectivity index (χ2v) is 11.6. The van der Waals surface area contributed by atoms with E-state index in [1.807, 2.05) is 72.7 Å². The van der Waals surface area contributed by atoms with E-state index < -0.39 is 40.8 Å². The second-order valence-electron chi connectivity index (χ2n) is 11.3. The fourth-order valence-electron chi connectivity index (χ4n) is 3.48. The van der Waals surface area contributed by atoms with Gasteiger partial charge in [0.25, 0.3) is 0 Å². The lowest BCUT2D eigenvalue weighted by Crippen LogP contribution is -2.60. The molecule has 1 aromatic carbocycles. The molecule has 7 nitrogen and oxygen atoms in total. The van der Waals surface area contributed by atoms with Crippen LogP contribution in [0.3, 0.4) is 0 Å². The zero-order chi connectivity index (χ0) is 26.5. The molecule has 3 amide bonds. The lowest BCUT2D eigenvalue weighted by Gasteiger charge is -2.45. The molecule has 0 bridgehead atoms. The Morgan fingerprint density at radius 1 is 1.03 bits per heavy atom. The number of benzene rings is 1. The molecule has 0 aliphatic carbocycles. The topological polar surface area (TPSA) is 87.7 Å². The van der Waals surface area contributed by atoms with E-state index in [-0.39, 0.29) is 11.7 Å². The van der Waals surface area contributed by atoms with Gasteiger partial charge in [-0.3, -0.25) is 9.59 Å². The highest BCUT2D eigenvalue weighted by molar-refractivity contribution is 7.80. The molecule has 0 aliphatic heterocycles. The first kappa shape index (κ1) is 29.8. The van der Waals surface area contributed by atoms with Crippen LogP contribution in [0.1, 0.15) is 85.9 Å². The molecule has 0 aliphatic rings. The Kier molecular flexibility index (Phi) is 10.1. The molecule has 34 heavy (non-hydrogen) atoms. The lowest BCUT2D eigenvalue weighted by molar-refractivity contribution is -0.149. The number of rotatable bonds is 8. The molecule has 0 spiro atoms. The van der Waals surface area contributed by atoms with Crippen molar-refractivity contribution in [1.29, 1.82) is 0 Å². The summed E-state index contributed by atoms with van der Waals surface area (Å²) in [6, 6.07) is 5.67. The zero-order valence-corrected chi connectivity index (χ0v) is 23.3. The van der Waals surface area contributed by atoms with Gasteiger partial charge in [0.05, 0.1) is 0 Å². The molecule has 0 saturated heterocycles. The Morgan fingerprint density at radius 3 is 2.03 bits per heavy atom. The molecular weight excluding hydrogens is 450 g/mol. The fourth-order valence-corrected chi connectivity index (χ4v) is 3.73. The van der Waals surface area contributed by atoms with Gasteiger partial charge in [0, 0.05) is 16.8 Å². The van der Waals surface area contributed by atoms with E-state index in [1.54, 1.807) is 25.7 Å². The highest BCUT2D eigenvalue weighted by atomic mass is 32.1. The van der Waals surface area contributed by atoms with Gasteiger partial charge in [0.1, 0.15) is 17.7 Å². The van der Waals surface area contributed by atoms with Gasteiger partial charge in [-0.1, -0.05) is 31.2 Å². The third-order valence-electron chi connectivity index (χ3n) is 5.41. The summed E-state index contributed by atoms with van der Waals surface area (Å²) in [6.45, 7) is 18.7. The molecule has 0 radical (unpaired) electrons. The number of ether oxygens (including phenoxy) is 1. The average Bonchev–Trinajstić information content (AvgIpc) is 2.67. The summed E-state index contributed by atoms with van der Waals surface area (Å²) in [5.41, 5.74) is -0.290. The fraction of sp³-hybridized carbons (Fsp3) is 0.654. The predicted octanol–water partition coefficient (Wildman–Crippen LogP) is 4.79. The van der Waals surface area contributed by atoms with Crippen LogP contribution in [-0.2, 0) is 14.3 Å². The summed E-state index contributed by atoms with van der Waals surface area (Å²) in [5, 5.41) is 5.69. The smallest absolute Gasteiger partial charge is 0.408 e. The molecule has 1 rings (SSSR count). The van der Waals surface area contributed by atoms with Crippen LogP contribution in [0.5, 0.6) is 0 Å². The number of carbonyl (C=O) groups excluding carboxylic acids is 3. The normalized spacial score (nSPS) is 14.1. The van der Waals surface area contributed by atoms with Crippen molar-refractivity contribution in [2.45, 2.75) is 104 Å². The van der Waals surface area contributed by atoms with Gasteiger partial charge in [0.15, 0.2) is 0 Å². The summed E-state index contributed by atoms with van der Waals surface area (Å²) >= 11 is 4.34. The first-order valence-corrected chi connectivity index (χ1v) is 12.4. The minimum Gasteiger partial charge on any atom is -0.444 e. The van der Waals surface area contributed by atoms with Gasteiger partial charge in [-0.05, 0) is 79.9 Å². The summed E-state index contributed by atoms with van der Waals surface area (Å²) in [6.07, 6.45) is -0.115.